The maximum Gasteiger partial charge on any atom is 0.149 e. The van der Waals surface area contributed by atoms with E-state index in [4.69, 9.17) is 16.7 Å². The fraction of sp³-hybridized carbons (Fsp3) is 0.625. The maximum atomic E-state index is 10.9. The second kappa shape index (κ2) is 4.51. The predicted molar refractivity (Wildman–Crippen MR) is 57.6 cm³/mol. The van der Waals surface area contributed by atoms with Gasteiger partial charge in [0, 0.05) is 11.8 Å². The molecule has 0 unspecified atom stereocenters. The highest BCUT2D eigenvalue weighted by Crippen LogP contribution is 2.19. The van der Waals surface area contributed by atoms with E-state index in [0.29, 0.717) is 16.4 Å². The van der Waals surface area contributed by atoms with Gasteiger partial charge in [-0.2, -0.15) is 5.10 Å². The summed E-state index contributed by atoms with van der Waals surface area (Å²) >= 11 is 5.90. The monoisotopic (exact) mass is 252 g/mol. The number of hydrogen-bond acceptors (Lipinski definition) is 4. The third-order valence-corrected chi connectivity index (χ3v) is 3.36. The summed E-state index contributed by atoms with van der Waals surface area (Å²) in [5.74, 6) is -0.0152. The number of sulfone groups is 1. The molecule has 0 bridgehead atoms. The van der Waals surface area contributed by atoms with Crippen LogP contribution in [-0.4, -0.2) is 35.3 Å². The van der Waals surface area contributed by atoms with E-state index in [1.54, 1.807) is 6.92 Å². The molecule has 1 N–H and O–H groups in total. The fourth-order valence-electron chi connectivity index (χ4n) is 1.17. The number of aliphatic hydroxyl groups excluding tert-OH is 1. The molecule has 1 aromatic heterocycles. The van der Waals surface area contributed by atoms with Crippen LogP contribution in [0.25, 0.3) is 0 Å². The molecule has 86 valence electrons. The fourth-order valence-corrected chi connectivity index (χ4v) is 1.99. The van der Waals surface area contributed by atoms with Gasteiger partial charge in [-0.3, -0.25) is 4.68 Å². The average Bonchev–Trinajstić information content (AvgIpc) is 2.37. The van der Waals surface area contributed by atoms with Gasteiger partial charge in [0.15, 0.2) is 0 Å². The Bertz CT molecular complexity index is 453. The van der Waals surface area contributed by atoms with E-state index in [2.05, 4.69) is 5.10 Å². The van der Waals surface area contributed by atoms with Gasteiger partial charge >= 0.3 is 0 Å². The molecular weight excluding hydrogens is 240 g/mol. The molecule has 0 aliphatic carbocycles. The molecule has 5 nitrogen and oxygen atoms in total. The van der Waals surface area contributed by atoms with E-state index in [1.807, 2.05) is 0 Å². The minimum Gasteiger partial charge on any atom is -0.391 e. The van der Waals surface area contributed by atoms with E-state index >= 15 is 0 Å². The number of aryl methyl sites for hydroxylation is 2. The van der Waals surface area contributed by atoms with Crippen molar-refractivity contribution in [3.8, 4) is 0 Å². The highest BCUT2D eigenvalue weighted by atomic mass is 35.5. The first-order chi connectivity index (χ1) is 6.85. The lowest BCUT2D eigenvalue weighted by molar-refractivity contribution is 0.281. The Morgan fingerprint density at radius 2 is 2.13 bits per heavy atom. The van der Waals surface area contributed by atoms with E-state index in [-0.39, 0.29) is 18.9 Å². The van der Waals surface area contributed by atoms with Crippen LogP contribution in [0, 0.1) is 6.92 Å². The van der Waals surface area contributed by atoms with Gasteiger partial charge in [0.25, 0.3) is 0 Å². The summed E-state index contributed by atoms with van der Waals surface area (Å²) in [5.41, 5.74) is 1.17. The molecular formula is C8H13ClN2O3S. The summed E-state index contributed by atoms with van der Waals surface area (Å²) in [4.78, 5) is 0. The molecule has 0 atom stereocenters. The largest absolute Gasteiger partial charge is 0.391 e. The zero-order valence-electron chi connectivity index (χ0n) is 8.57. The van der Waals surface area contributed by atoms with E-state index in [9.17, 15) is 8.42 Å². The van der Waals surface area contributed by atoms with E-state index in [1.165, 1.54) is 4.68 Å². The van der Waals surface area contributed by atoms with Crippen molar-refractivity contribution < 1.29 is 13.5 Å². The Hall–Kier alpha value is -0.590. The van der Waals surface area contributed by atoms with Gasteiger partial charge in [0.2, 0.25) is 0 Å². The van der Waals surface area contributed by atoms with Crippen LogP contribution in [0.2, 0.25) is 5.15 Å². The van der Waals surface area contributed by atoms with Crippen molar-refractivity contribution in [3.05, 3.63) is 16.4 Å². The van der Waals surface area contributed by atoms with Crippen LogP contribution >= 0.6 is 11.6 Å². The standard InChI is InChI=1S/C8H13ClN2O3S/c1-6-7(5-12)8(9)11(10-6)3-4-15(2,13)14/h12H,3-5H2,1-2H3. The quantitative estimate of drug-likeness (QED) is 0.841. The van der Waals surface area contributed by atoms with Crippen molar-refractivity contribution in [2.75, 3.05) is 12.0 Å². The number of aromatic nitrogens is 2. The van der Waals surface area contributed by atoms with Crippen molar-refractivity contribution in [2.45, 2.75) is 20.1 Å². The molecule has 0 aliphatic heterocycles. The van der Waals surface area contributed by atoms with Gasteiger partial charge in [0.1, 0.15) is 15.0 Å². The molecule has 1 rings (SSSR count). The van der Waals surface area contributed by atoms with Crippen molar-refractivity contribution in [2.24, 2.45) is 0 Å². The lowest BCUT2D eigenvalue weighted by atomic mass is 10.3. The van der Waals surface area contributed by atoms with Crippen LogP contribution in [0.3, 0.4) is 0 Å². The minimum atomic E-state index is -3.03. The molecule has 0 radical (unpaired) electrons. The van der Waals surface area contributed by atoms with Gasteiger partial charge in [-0.1, -0.05) is 11.6 Å². The number of aliphatic hydroxyl groups is 1. The van der Waals surface area contributed by atoms with Crippen molar-refractivity contribution in [1.82, 2.24) is 9.78 Å². The zero-order valence-corrected chi connectivity index (χ0v) is 10.1. The lowest BCUT2D eigenvalue weighted by Gasteiger charge is -2.01. The Balaban J connectivity index is 2.88. The molecule has 0 saturated carbocycles. The average molecular weight is 253 g/mol. The molecule has 0 aliphatic rings. The summed E-state index contributed by atoms with van der Waals surface area (Å²) in [6.07, 6.45) is 1.16. The third kappa shape index (κ3) is 3.19. The number of hydrogen-bond donors (Lipinski definition) is 1. The van der Waals surface area contributed by atoms with Gasteiger partial charge < -0.3 is 5.11 Å². The zero-order chi connectivity index (χ0) is 11.6. The third-order valence-electron chi connectivity index (χ3n) is 2.02. The molecule has 15 heavy (non-hydrogen) atoms. The van der Waals surface area contributed by atoms with E-state index in [0.717, 1.165) is 6.26 Å². The molecule has 0 saturated heterocycles. The maximum absolute atomic E-state index is 10.9. The molecule has 1 heterocycles. The molecule has 0 fully saturated rings. The molecule has 1 aromatic rings. The first-order valence-corrected chi connectivity index (χ1v) is 6.79. The van der Waals surface area contributed by atoms with Crippen molar-refractivity contribution in [3.63, 3.8) is 0 Å². The number of nitrogens with zero attached hydrogens (tertiary/aromatic N) is 2. The van der Waals surface area contributed by atoms with E-state index < -0.39 is 9.84 Å². The van der Waals surface area contributed by atoms with Gasteiger partial charge in [0.05, 0.1) is 24.6 Å². The lowest BCUT2D eigenvalue weighted by Crippen LogP contribution is -2.12. The second-order valence-electron chi connectivity index (χ2n) is 3.37. The highest BCUT2D eigenvalue weighted by Gasteiger charge is 2.13. The summed E-state index contributed by atoms with van der Waals surface area (Å²) in [6, 6.07) is 0. The van der Waals surface area contributed by atoms with Crippen LogP contribution in [0.5, 0.6) is 0 Å². The predicted octanol–water partition coefficient (Wildman–Crippen LogP) is 0.382. The Morgan fingerprint density at radius 1 is 1.53 bits per heavy atom. The number of rotatable bonds is 4. The van der Waals surface area contributed by atoms with Gasteiger partial charge in [-0.05, 0) is 6.92 Å². The van der Waals surface area contributed by atoms with Gasteiger partial charge in [-0.15, -0.1) is 0 Å². The summed E-state index contributed by atoms with van der Waals surface area (Å²) in [6.45, 7) is 1.73. The molecule has 0 aromatic carbocycles. The van der Waals surface area contributed by atoms with Crippen molar-refractivity contribution in [1.29, 1.82) is 0 Å². The molecule has 0 amide bonds. The molecule has 7 heteroatoms. The molecule has 0 spiro atoms. The first-order valence-electron chi connectivity index (χ1n) is 4.35. The SMILES string of the molecule is Cc1nn(CCS(C)(=O)=O)c(Cl)c1CO. The minimum absolute atomic E-state index is 0.0152. The Morgan fingerprint density at radius 3 is 2.53 bits per heavy atom. The van der Waals surface area contributed by atoms with Crippen LogP contribution in [-0.2, 0) is 23.0 Å². The van der Waals surface area contributed by atoms with Gasteiger partial charge in [-0.25, -0.2) is 8.42 Å². The topological polar surface area (TPSA) is 72.2 Å². The second-order valence-corrected chi connectivity index (χ2v) is 5.98. The Kier molecular flexibility index (Phi) is 3.75. The summed E-state index contributed by atoms with van der Waals surface area (Å²) in [5, 5.41) is 13.3. The first kappa shape index (κ1) is 12.5. The van der Waals surface area contributed by atoms with Crippen LogP contribution in [0.15, 0.2) is 0 Å². The van der Waals surface area contributed by atoms with Crippen LogP contribution in [0.4, 0.5) is 0 Å². The Labute approximate surface area is 93.6 Å². The smallest absolute Gasteiger partial charge is 0.149 e. The summed E-state index contributed by atoms with van der Waals surface area (Å²) < 4.78 is 23.3. The van der Waals surface area contributed by atoms with Crippen LogP contribution in [0.1, 0.15) is 11.3 Å². The number of halogens is 1. The van der Waals surface area contributed by atoms with Crippen LogP contribution < -0.4 is 0 Å². The van der Waals surface area contributed by atoms with Crippen molar-refractivity contribution >= 4 is 21.4 Å². The highest BCUT2D eigenvalue weighted by molar-refractivity contribution is 7.90. The summed E-state index contributed by atoms with van der Waals surface area (Å²) in [7, 11) is -3.03. The normalized spacial score (nSPS) is 12.0.